The number of aromatic nitrogens is 2. The van der Waals surface area contributed by atoms with E-state index in [2.05, 4.69) is 64.5 Å². The summed E-state index contributed by atoms with van der Waals surface area (Å²) in [5, 5.41) is 5.03. The lowest BCUT2D eigenvalue weighted by molar-refractivity contribution is 0.0955. The van der Waals surface area contributed by atoms with Crippen LogP contribution in [0.25, 0.3) is 11.0 Å². The molecule has 0 fully saturated rings. The molecule has 6 nitrogen and oxygen atoms in total. The summed E-state index contributed by atoms with van der Waals surface area (Å²) in [6.07, 6.45) is 3.61. The fourth-order valence-corrected chi connectivity index (χ4v) is 5.31. The summed E-state index contributed by atoms with van der Waals surface area (Å²) < 4.78 is 0. The van der Waals surface area contributed by atoms with Crippen molar-refractivity contribution in [2.75, 3.05) is 11.9 Å². The number of nitrogens with one attached hydrogen (secondary N) is 2. The van der Waals surface area contributed by atoms with Crippen LogP contribution in [0, 0.1) is 0 Å². The number of allylic oxidation sites excluding steroid dienone is 2. The van der Waals surface area contributed by atoms with Gasteiger partial charge in [-0.25, -0.2) is 10.4 Å². The van der Waals surface area contributed by atoms with E-state index in [9.17, 15) is 4.79 Å². The molecule has 2 N–H and O–H groups in total. The minimum atomic E-state index is -0.238. The maximum absolute atomic E-state index is 12.5. The first kappa shape index (κ1) is 22.9. The lowest BCUT2D eigenvalue weighted by Crippen LogP contribution is -2.23. The van der Waals surface area contributed by atoms with Crippen molar-refractivity contribution < 1.29 is 4.79 Å². The van der Waals surface area contributed by atoms with Crippen LogP contribution >= 0.6 is 11.8 Å². The van der Waals surface area contributed by atoms with Gasteiger partial charge >= 0.3 is 0 Å². The number of carbonyl (C=O) groups is 1. The molecule has 0 saturated heterocycles. The summed E-state index contributed by atoms with van der Waals surface area (Å²) in [4.78, 5) is 22.6. The zero-order valence-corrected chi connectivity index (χ0v) is 20.8. The molecule has 35 heavy (non-hydrogen) atoms. The van der Waals surface area contributed by atoms with Crippen molar-refractivity contribution in [1.82, 2.24) is 15.4 Å². The highest BCUT2D eigenvalue weighted by Crippen LogP contribution is 2.46. The Bertz CT molecular complexity index is 1400. The summed E-state index contributed by atoms with van der Waals surface area (Å²) in [5.74, 6) is 0.525. The maximum Gasteiger partial charge on any atom is 0.271 e. The number of thioether (sulfide) groups is 1. The molecule has 7 heteroatoms. The average Bonchev–Trinajstić information content (AvgIpc) is 3.37. The number of fused-ring (bicyclic) bond motifs is 2. The van der Waals surface area contributed by atoms with Crippen LogP contribution < -0.4 is 10.3 Å². The molecular weight excluding hydrogens is 454 g/mol. The van der Waals surface area contributed by atoms with Crippen molar-refractivity contribution in [1.29, 1.82) is 0 Å². The molecule has 0 unspecified atom stereocenters. The number of benzene rings is 3. The fourth-order valence-electron chi connectivity index (χ4n) is 4.47. The number of likely N-dealkylation sites (N-methyl/N-ethyl adjacent to an activating group) is 1. The summed E-state index contributed by atoms with van der Waals surface area (Å²) in [6, 6.07) is 23.9. The van der Waals surface area contributed by atoms with Crippen LogP contribution in [0.5, 0.6) is 0 Å². The molecule has 0 saturated carbocycles. The number of hydrazone groups is 1. The van der Waals surface area contributed by atoms with Crippen LogP contribution in [-0.2, 0) is 11.2 Å². The van der Waals surface area contributed by atoms with Crippen molar-refractivity contribution >= 4 is 40.6 Å². The molecule has 5 rings (SSSR count). The van der Waals surface area contributed by atoms with Gasteiger partial charge < -0.3 is 9.88 Å². The monoisotopic (exact) mass is 481 g/mol. The van der Waals surface area contributed by atoms with Gasteiger partial charge in [0, 0.05) is 41.4 Å². The van der Waals surface area contributed by atoms with Gasteiger partial charge in [0.05, 0.1) is 11.0 Å². The maximum atomic E-state index is 12.5. The summed E-state index contributed by atoms with van der Waals surface area (Å²) in [6.45, 7) is 4.39. The number of para-hydroxylation sites is 3. The van der Waals surface area contributed by atoms with E-state index in [1.807, 2.05) is 60.7 Å². The van der Waals surface area contributed by atoms with Gasteiger partial charge in [0.2, 0.25) is 0 Å². The molecule has 1 aliphatic heterocycles. The molecule has 0 atom stereocenters. The van der Waals surface area contributed by atoms with Crippen LogP contribution in [0.4, 0.5) is 5.69 Å². The lowest BCUT2D eigenvalue weighted by Gasteiger charge is -2.23. The first-order valence-electron chi connectivity index (χ1n) is 11.5. The van der Waals surface area contributed by atoms with Crippen LogP contribution in [-0.4, -0.2) is 29.1 Å². The normalized spacial score (nSPS) is 15.7. The van der Waals surface area contributed by atoms with E-state index in [0.717, 1.165) is 33.2 Å². The quantitative estimate of drug-likeness (QED) is 0.205. The summed E-state index contributed by atoms with van der Waals surface area (Å²) in [7, 11) is 2.06. The number of nitrogens with zero attached hydrogens (tertiary/aromatic N) is 3. The molecule has 4 aromatic rings. The SMILES string of the molecule is CN1/C(=C\C=N/NC(=O)c2ccc(CSc3nc4ccccc4[nH]3)cc2)C(C)(C)c2ccccc21. The highest BCUT2D eigenvalue weighted by atomic mass is 32.2. The number of anilines is 1. The van der Waals surface area contributed by atoms with Crippen molar-refractivity contribution in [2.24, 2.45) is 5.10 Å². The number of amides is 1. The van der Waals surface area contributed by atoms with Crippen LogP contribution in [0.15, 0.2) is 94.8 Å². The molecule has 3 aromatic carbocycles. The van der Waals surface area contributed by atoms with E-state index in [1.54, 1.807) is 18.0 Å². The van der Waals surface area contributed by atoms with E-state index in [-0.39, 0.29) is 11.3 Å². The second-order valence-corrected chi connectivity index (χ2v) is 9.98. The number of hydrogen-bond donors (Lipinski definition) is 2. The third-order valence-corrected chi connectivity index (χ3v) is 7.32. The van der Waals surface area contributed by atoms with E-state index in [4.69, 9.17) is 0 Å². The van der Waals surface area contributed by atoms with Gasteiger partial charge in [0.15, 0.2) is 5.16 Å². The predicted molar refractivity (Wildman–Crippen MR) is 144 cm³/mol. The molecule has 176 valence electrons. The third-order valence-electron chi connectivity index (χ3n) is 6.37. The van der Waals surface area contributed by atoms with Gasteiger partial charge in [0.25, 0.3) is 5.91 Å². The second-order valence-electron chi connectivity index (χ2n) is 9.02. The fraction of sp³-hybridized carbons (Fsp3) is 0.179. The Morgan fingerprint density at radius 1 is 1.09 bits per heavy atom. The Morgan fingerprint density at radius 3 is 2.60 bits per heavy atom. The van der Waals surface area contributed by atoms with Crippen LogP contribution in [0.3, 0.4) is 0 Å². The van der Waals surface area contributed by atoms with E-state index in [1.165, 1.54) is 11.3 Å². The summed E-state index contributed by atoms with van der Waals surface area (Å²) >= 11 is 1.64. The van der Waals surface area contributed by atoms with Crippen molar-refractivity contribution in [3.63, 3.8) is 0 Å². The summed E-state index contributed by atoms with van der Waals surface area (Å²) in [5.41, 5.74) is 9.78. The van der Waals surface area contributed by atoms with Crippen molar-refractivity contribution in [3.8, 4) is 0 Å². The molecular formula is C28H27N5OS. The first-order chi connectivity index (χ1) is 16.9. The Labute approximate surface area is 209 Å². The highest BCUT2D eigenvalue weighted by molar-refractivity contribution is 7.98. The average molecular weight is 482 g/mol. The van der Waals surface area contributed by atoms with Crippen molar-refractivity contribution in [3.05, 3.63) is 101 Å². The standard InChI is InChI=1S/C28H27N5OS/c1-28(2)21-8-4-7-11-24(21)33(3)25(28)16-17-29-32-26(34)20-14-12-19(13-15-20)18-35-27-30-22-9-5-6-10-23(22)31-27/h4-17H,18H2,1-3H3,(H,30,31)(H,32,34)/b25-16-,29-17-. The predicted octanol–water partition coefficient (Wildman–Crippen LogP) is 5.88. The minimum absolute atomic E-state index is 0.127. The largest absolute Gasteiger partial charge is 0.347 e. The molecule has 2 heterocycles. The molecule has 1 aliphatic rings. The minimum Gasteiger partial charge on any atom is -0.347 e. The van der Waals surface area contributed by atoms with Gasteiger partial charge in [-0.3, -0.25) is 4.79 Å². The third kappa shape index (κ3) is 4.59. The van der Waals surface area contributed by atoms with E-state index in [0.29, 0.717) is 5.56 Å². The van der Waals surface area contributed by atoms with Gasteiger partial charge in [-0.1, -0.05) is 68.1 Å². The molecule has 1 aromatic heterocycles. The molecule has 0 radical (unpaired) electrons. The number of H-pyrrole nitrogens is 1. The van der Waals surface area contributed by atoms with Gasteiger partial charge in [-0.2, -0.15) is 5.10 Å². The number of aromatic amines is 1. The number of hydrogen-bond acceptors (Lipinski definition) is 5. The van der Waals surface area contributed by atoms with Gasteiger partial charge in [-0.15, -0.1) is 0 Å². The number of carbonyl (C=O) groups excluding carboxylic acids is 1. The van der Waals surface area contributed by atoms with Crippen molar-refractivity contribution in [2.45, 2.75) is 30.2 Å². The van der Waals surface area contributed by atoms with Gasteiger partial charge in [-0.05, 0) is 47.5 Å². The topological polar surface area (TPSA) is 73.4 Å². The lowest BCUT2D eigenvalue weighted by atomic mass is 9.84. The van der Waals surface area contributed by atoms with Gasteiger partial charge in [0.1, 0.15) is 0 Å². The molecule has 0 spiro atoms. The zero-order chi connectivity index (χ0) is 24.4. The molecule has 0 bridgehead atoms. The van der Waals surface area contributed by atoms with E-state index < -0.39 is 0 Å². The number of imidazole rings is 1. The Morgan fingerprint density at radius 2 is 1.83 bits per heavy atom. The molecule has 0 aliphatic carbocycles. The van der Waals surface area contributed by atoms with Crippen LogP contribution in [0.2, 0.25) is 0 Å². The van der Waals surface area contributed by atoms with Crippen LogP contribution in [0.1, 0.15) is 35.3 Å². The second kappa shape index (κ2) is 9.43. The molecule has 1 amide bonds. The smallest absolute Gasteiger partial charge is 0.271 e. The first-order valence-corrected chi connectivity index (χ1v) is 12.5. The Balaban J connectivity index is 1.17. The number of rotatable bonds is 6. The Kier molecular flexibility index (Phi) is 6.17. The zero-order valence-electron chi connectivity index (χ0n) is 19.9. The highest BCUT2D eigenvalue weighted by Gasteiger charge is 2.37. The van der Waals surface area contributed by atoms with E-state index >= 15 is 0 Å². The Hall–Kier alpha value is -3.84.